The fourth-order valence-electron chi connectivity index (χ4n) is 2.33. The van der Waals surface area contributed by atoms with Crippen LogP contribution >= 0.6 is 11.6 Å². The molecular formula is C12H15ClN4. The molecule has 1 aliphatic heterocycles. The number of aryl methyl sites for hydroxylation is 1. The Kier molecular flexibility index (Phi) is 2.76. The van der Waals surface area contributed by atoms with Gasteiger partial charge in [-0.1, -0.05) is 18.0 Å². The van der Waals surface area contributed by atoms with Crippen molar-refractivity contribution < 1.29 is 0 Å². The summed E-state index contributed by atoms with van der Waals surface area (Å²) < 4.78 is 1.78. The molecule has 0 aliphatic carbocycles. The molecule has 0 radical (unpaired) electrons. The van der Waals surface area contributed by atoms with Crippen LogP contribution < -0.4 is 5.32 Å². The van der Waals surface area contributed by atoms with Gasteiger partial charge < -0.3 is 5.32 Å². The highest BCUT2D eigenvalue weighted by atomic mass is 35.5. The third kappa shape index (κ3) is 1.91. The van der Waals surface area contributed by atoms with Crippen LogP contribution in [0.3, 0.4) is 0 Å². The normalized spacial score (nSPS) is 20.9. The van der Waals surface area contributed by atoms with Gasteiger partial charge in [0.15, 0.2) is 5.65 Å². The van der Waals surface area contributed by atoms with Gasteiger partial charge in [-0.3, -0.25) is 0 Å². The Labute approximate surface area is 105 Å². The predicted octanol–water partition coefficient (Wildman–Crippen LogP) is 2.51. The molecule has 4 nitrogen and oxygen atoms in total. The second kappa shape index (κ2) is 4.27. The van der Waals surface area contributed by atoms with Gasteiger partial charge in [0, 0.05) is 12.4 Å². The molecule has 0 saturated carbocycles. The maximum atomic E-state index is 6.36. The van der Waals surface area contributed by atoms with Crippen LogP contribution in [0, 0.1) is 6.92 Å². The zero-order chi connectivity index (χ0) is 11.8. The molecule has 0 spiro atoms. The number of nitrogens with zero attached hydrogens (tertiary/aromatic N) is 3. The lowest BCUT2D eigenvalue weighted by molar-refractivity contribution is 0.404. The number of halogens is 1. The zero-order valence-corrected chi connectivity index (χ0v) is 10.5. The monoisotopic (exact) mass is 250 g/mol. The topological polar surface area (TPSA) is 42.2 Å². The lowest BCUT2D eigenvalue weighted by Gasteiger charge is -2.21. The van der Waals surface area contributed by atoms with E-state index < -0.39 is 0 Å². The van der Waals surface area contributed by atoms with Gasteiger partial charge in [-0.2, -0.15) is 5.10 Å². The fraction of sp³-hybridized carbons (Fsp3) is 0.500. The summed E-state index contributed by atoms with van der Waals surface area (Å²) in [5.41, 5.74) is 2.77. The SMILES string of the molecule is Cc1cnc2c(Cl)c(C3CCCCN3)nn2c1. The summed E-state index contributed by atoms with van der Waals surface area (Å²) in [5, 5.41) is 8.70. The van der Waals surface area contributed by atoms with E-state index in [4.69, 9.17) is 11.6 Å². The smallest absolute Gasteiger partial charge is 0.174 e. The molecule has 3 heterocycles. The minimum Gasteiger partial charge on any atom is -0.309 e. The number of rotatable bonds is 1. The summed E-state index contributed by atoms with van der Waals surface area (Å²) in [6.45, 7) is 3.04. The van der Waals surface area contributed by atoms with E-state index in [1.54, 1.807) is 4.52 Å². The van der Waals surface area contributed by atoms with E-state index in [1.807, 2.05) is 19.3 Å². The van der Waals surface area contributed by atoms with Crippen LogP contribution in [0.2, 0.25) is 5.02 Å². The molecule has 1 atom stereocenters. The molecule has 1 fully saturated rings. The Morgan fingerprint density at radius 1 is 1.47 bits per heavy atom. The van der Waals surface area contributed by atoms with Crippen LogP contribution in [0.4, 0.5) is 0 Å². The van der Waals surface area contributed by atoms with Crippen molar-refractivity contribution in [2.45, 2.75) is 32.2 Å². The van der Waals surface area contributed by atoms with Crippen molar-refractivity contribution in [1.29, 1.82) is 0 Å². The van der Waals surface area contributed by atoms with Crippen molar-refractivity contribution in [1.82, 2.24) is 19.9 Å². The molecule has 0 amide bonds. The van der Waals surface area contributed by atoms with Crippen LogP contribution in [0.15, 0.2) is 12.4 Å². The summed E-state index contributed by atoms with van der Waals surface area (Å²) in [6.07, 6.45) is 7.34. The number of fused-ring (bicyclic) bond motifs is 1. The van der Waals surface area contributed by atoms with Crippen molar-refractivity contribution in [3.63, 3.8) is 0 Å². The summed E-state index contributed by atoms with van der Waals surface area (Å²) in [7, 11) is 0. The molecule has 0 aromatic carbocycles. The lowest BCUT2D eigenvalue weighted by atomic mass is 10.0. The molecular weight excluding hydrogens is 236 g/mol. The maximum Gasteiger partial charge on any atom is 0.174 e. The first-order valence-corrected chi connectivity index (χ1v) is 6.37. The van der Waals surface area contributed by atoms with Crippen molar-refractivity contribution in [3.05, 3.63) is 28.7 Å². The van der Waals surface area contributed by atoms with Gasteiger partial charge in [-0.15, -0.1) is 0 Å². The highest BCUT2D eigenvalue weighted by Crippen LogP contribution is 2.30. The molecule has 2 aromatic heterocycles. The van der Waals surface area contributed by atoms with E-state index in [1.165, 1.54) is 12.8 Å². The number of hydrogen-bond acceptors (Lipinski definition) is 3. The number of nitrogens with one attached hydrogen (secondary N) is 1. The summed E-state index contributed by atoms with van der Waals surface area (Å²) in [6, 6.07) is 0.276. The predicted molar refractivity (Wildman–Crippen MR) is 67.3 cm³/mol. The Morgan fingerprint density at radius 2 is 2.35 bits per heavy atom. The molecule has 0 bridgehead atoms. The quantitative estimate of drug-likeness (QED) is 0.846. The second-order valence-electron chi connectivity index (χ2n) is 4.60. The summed E-state index contributed by atoms with van der Waals surface area (Å²) in [4.78, 5) is 4.34. The van der Waals surface area contributed by atoms with Crippen LogP contribution in [0.1, 0.15) is 36.6 Å². The Balaban J connectivity index is 2.07. The Bertz CT molecular complexity index is 543. The molecule has 1 aliphatic rings. The highest BCUT2D eigenvalue weighted by Gasteiger charge is 2.22. The van der Waals surface area contributed by atoms with Gasteiger partial charge >= 0.3 is 0 Å². The van der Waals surface area contributed by atoms with Crippen molar-refractivity contribution in [3.8, 4) is 0 Å². The van der Waals surface area contributed by atoms with Gasteiger partial charge in [0.25, 0.3) is 0 Å². The van der Waals surface area contributed by atoms with E-state index in [2.05, 4.69) is 15.4 Å². The average molecular weight is 251 g/mol. The third-order valence-electron chi connectivity index (χ3n) is 3.21. The van der Waals surface area contributed by atoms with E-state index in [0.29, 0.717) is 5.02 Å². The number of aromatic nitrogens is 3. The van der Waals surface area contributed by atoms with Crippen LogP contribution in [-0.4, -0.2) is 21.1 Å². The lowest BCUT2D eigenvalue weighted by Crippen LogP contribution is -2.27. The molecule has 3 rings (SSSR count). The van der Waals surface area contributed by atoms with Crippen molar-refractivity contribution in [2.24, 2.45) is 0 Å². The molecule has 90 valence electrons. The first-order valence-electron chi connectivity index (χ1n) is 5.99. The van der Waals surface area contributed by atoms with Gasteiger partial charge in [0.1, 0.15) is 10.7 Å². The van der Waals surface area contributed by atoms with Gasteiger partial charge in [0.05, 0.1) is 6.04 Å². The molecule has 5 heteroatoms. The van der Waals surface area contributed by atoms with E-state index >= 15 is 0 Å². The highest BCUT2D eigenvalue weighted by molar-refractivity contribution is 6.34. The summed E-state index contributed by atoms with van der Waals surface area (Å²) in [5.74, 6) is 0. The molecule has 17 heavy (non-hydrogen) atoms. The first kappa shape index (κ1) is 11.0. The maximum absolute atomic E-state index is 6.36. The molecule has 1 unspecified atom stereocenters. The van der Waals surface area contributed by atoms with Gasteiger partial charge in [-0.25, -0.2) is 9.50 Å². The molecule has 1 N–H and O–H groups in total. The number of piperidine rings is 1. The minimum atomic E-state index is 0.276. The second-order valence-corrected chi connectivity index (χ2v) is 4.98. The van der Waals surface area contributed by atoms with Crippen LogP contribution in [0.25, 0.3) is 5.65 Å². The zero-order valence-electron chi connectivity index (χ0n) is 9.78. The van der Waals surface area contributed by atoms with Gasteiger partial charge in [-0.05, 0) is 31.9 Å². The minimum absolute atomic E-state index is 0.276. The average Bonchev–Trinajstić information content (AvgIpc) is 2.67. The Hall–Kier alpha value is -1.13. The van der Waals surface area contributed by atoms with E-state index in [-0.39, 0.29) is 6.04 Å². The van der Waals surface area contributed by atoms with Crippen LogP contribution in [0.5, 0.6) is 0 Å². The molecule has 1 saturated heterocycles. The first-order chi connectivity index (χ1) is 8.25. The van der Waals surface area contributed by atoms with Crippen molar-refractivity contribution in [2.75, 3.05) is 6.54 Å². The number of hydrogen-bond donors (Lipinski definition) is 1. The van der Waals surface area contributed by atoms with E-state index in [9.17, 15) is 0 Å². The van der Waals surface area contributed by atoms with Crippen LogP contribution in [-0.2, 0) is 0 Å². The summed E-state index contributed by atoms with van der Waals surface area (Å²) >= 11 is 6.36. The van der Waals surface area contributed by atoms with E-state index in [0.717, 1.165) is 29.9 Å². The fourth-order valence-corrected chi connectivity index (χ4v) is 2.63. The van der Waals surface area contributed by atoms with Crippen molar-refractivity contribution >= 4 is 17.2 Å². The van der Waals surface area contributed by atoms with Gasteiger partial charge in [0.2, 0.25) is 0 Å². The standard InChI is InChI=1S/C12H15ClN4/c1-8-6-15-12-10(13)11(16-17(12)7-8)9-4-2-3-5-14-9/h6-7,9,14H,2-5H2,1H3. The Morgan fingerprint density at radius 3 is 3.12 bits per heavy atom. The largest absolute Gasteiger partial charge is 0.309 e. The third-order valence-corrected chi connectivity index (χ3v) is 3.57. The molecule has 2 aromatic rings.